The lowest BCUT2D eigenvalue weighted by Gasteiger charge is -2.11. The Hall–Kier alpha value is -1.47. The summed E-state index contributed by atoms with van der Waals surface area (Å²) in [5.74, 6) is -0.197. The monoisotopic (exact) mass is 338 g/mol. The van der Waals surface area contributed by atoms with Gasteiger partial charge in [0.25, 0.3) is 0 Å². The summed E-state index contributed by atoms with van der Waals surface area (Å²) < 4.78 is 39.8. The molecule has 1 unspecified atom stereocenters. The van der Waals surface area contributed by atoms with Gasteiger partial charge in [0.2, 0.25) is 5.91 Å². The topological polar surface area (TPSA) is 50.4 Å². The van der Waals surface area contributed by atoms with E-state index in [-0.39, 0.29) is 30.0 Å². The van der Waals surface area contributed by atoms with Crippen molar-refractivity contribution in [2.75, 3.05) is 19.6 Å². The first-order valence-corrected chi connectivity index (χ1v) is 6.77. The second kappa shape index (κ2) is 8.24. The van der Waals surface area contributed by atoms with Crippen LogP contribution in [0.3, 0.4) is 0 Å². The molecule has 1 aliphatic heterocycles. The predicted octanol–water partition coefficient (Wildman–Crippen LogP) is 2.28. The first-order valence-electron chi connectivity index (χ1n) is 6.77. The fourth-order valence-corrected chi connectivity index (χ4v) is 2.21. The van der Waals surface area contributed by atoms with Gasteiger partial charge in [-0.15, -0.1) is 25.6 Å². The van der Waals surface area contributed by atoms with Crippen LogP contribution in [-0.4, -0.2) is 31.9 Å². The van der Waals surface area contributed by atoms with Crippen LogP contribution >= 0.6 is 12.4 Å². The Labute approximate surface area is 132 Å². The molecule has 0 aliphatic carbocycles. The lowest BCUT2D eigenvalue weighted by Crippen LogP contribution is -2.33. The Balaban J connectivity index is 0.00000242. The number of ether oxygens (including phenoxy) is 1. The van der Waals surface area contributed by atoms with Crippen LogP contribution in [0.1, 0.15) is 12.0 Å². The molecule has 0 bridgehead atoms. The average molecular weight is 339 g/mol. The van der Waals surface area contributed by atoms with Gasteiger partial charge < -0.3 is 15.4 Å². The largest absolute Gasteiger partial charge is 0.573 e. The second-order valence-corrected chi connectivity index (χ2v) is 4.92. The molecule has 22 heavy (non-hydrogen) atoms. The highest BCUT2D eigenvalue weighted by atomic mass is 35.5. The van der Waals surface area contributed by atoms with Gasteiger partial charge in [-0.25, -0.2) is 0 Å². The summed E-state index contributed by atoms with van der Waals surface area (Å²) >= 11 is 0. The van der Waals surface area contributed by atoms with E-state index in [0.717, 1.165) is 18.5 Å². The van der Waals surface area contributed by atoms with Gasteiger partial charge in [-0.1, -0.05) is 12.1 Å². The molecule has 1 heterocycles. The Morgan fingerprint density at radius 2 is 2.00 bits per heavy atom. The molecule has 1 aliphatic rings. The van der Waals surface area contributed by atoms with Gasteiger partial charge in [0, 0.05) is 13.1 Å². The third-order valence-corrected chi connectivity index (χ3v) is 3.30. The van der Waals surface area contributed by atoms with Crippen molar-refractivity contribution in [3.8, 4) is 5.75 Å². The van der Waals surface area contributed by atoms with E-state index in [0.29, 0.717) is 19.5 Å². The van der Waals surface area contributed by atoms with E-state index in [9.17, 15) is 18.0 Å². The lowest BCUT2D eigenvalue weighted by atomic mass is 10.1. The molecule has 0 saturated carbocycles. The second-order valence-electron chi connectivity index (χ2n) is 4.92. The number of hydrogen-bond donors (Lipinski definition) is 2. The maximum atomic E-state index is 12.0. The van der Waals surface area contributed by atoms with Crippen molar-refractivity contribution in [3.05, 3.63) is 29.8 Å². The SMILES string of the molecule is Cl.O=C(NCCc1ccc(OC(F)(F)F)cc1)C1CCNC1. The minimum absolute atomic E-state index is 0. The summed E-state index contributed by atoms with van der Waals surface area (Å²) in [5.41, 5.74) is 0.842. The predicted molar refractivity (Wildman–Crippen MR) is 78.1 cm³/mol. The van der Waals surface area contributed by atoms with E-state index < -0.39 is 6.36 Å². The fourth-order valence-electron chi connectivity index (χ4n) is 2.21. The average Bonchev–Trinajstić information content (AvgIpc) is 2.93. The molecule has 0 radical (unpaired) electrons. The molecule has 8 heteroatoms. The first kappa shape index (κ1) is 18.6. The van der Waals surface area contributed by atoms with Crippen LogP contribution in [0.2, 0.25) is 0 Å². The van der Waals surface area contributed by atoms with Crippen LogP contribution in [0.5, 0.6) is 5.75 Å². The number of halogens is 4. The summed E-state index contributed by atoms with van der Waals surface area (Å²) in [6.45, 7) is 2.03. The molecule has 0 aromatic heterocycles. The normalized spacial score (nSPS) is 17.7. The summed E-state index contributed by atoms with van der Waals surface area (Å²) in [6.07, 6.45) is -3.27. The lowest BCUT2D eigenvalue weighted by molar-refractivity contribution is -0.274. The highest BCUT2D eigenvalue weighted by Crippen LogP contribution is 2.22. The third-order valence-electron chi connectivity index (χ3n) is 3.30. The summed E-state index contributed by atoms with van der Waals surface area (Å²) in [6, 6.07) is 5.66. The molecular weight excluding hydrogens is 321 g/mol. The molecule has 1 aromatic carbocycles. The number of nitrogens with one attached hydrogen (secondary N) is 2. The van der Waals surface area contributed by atoms with E-state index in [1.54, 1.807) is 12.1 Å². The van der Waals surface area contributed by atoms with Crippen LogP contribution in [0, 0.1) is 5.92 Å². The smallest absolute Gasteiger partial charge is 0.406 e. The number of amides is 1. The van der Waals surface area contributed by atoms with Crippen molar-refractivity contribution in [2.45, 2.75) is 19.2 Å². The number of benzene rings is 1. The maximum absolute atomic E-state index is 12.0. The van der Waals surface area contributed by atoms with E-state index in [1.165, 1.54) is 12.1 Å². The van der Waals surface area contributed by atoms with Crippen LogP contribution in [0.25, 0.3) is 0 Å². The summed E-state index contributed by atoms with van der Waals surface area (Å²) in [4.78, 5) is 11.8. The summed E-state index contributed by atoms with van der Waals surface area (Å²) in [5, 5.41) is 5.96. The minimum atomic E-state index is -4.68. The van der Waals surface area contributed by atoms with Gasteiger partial charge in [0.15, 0.2) is 0 Å². The minimum Gasteiger partial charge on any atom is -0.406 e. The first-order chi connectivity index (χ1) is 9.94. The number of rotatable bonds is 5. The highest BCUT2D eigenvalue weighted by molar-refractivity contribution is 5.85. The van der Waals surface area contributed by atoms with E-state index in [4.69, 9.17) is 0 Å². The molecule has 1 amide bonds. The zero-order chi connectivity index (χ0) is 15.3. The molecule has 1 atom stereocenters. The number of hydrogen-bond acceptors (Lipinski definition) is 3. The van der Waals surface area contributed by atoms with Crippen LogP contribution in [-0.2, 0) is 11.2 Å². The summed E-state index contributed by atoms with van der Waals surface area (Å²) in [7, 11) is 0. The molecule has 1 fully saturated rings. The van der Waals surface area contributed by atoms with E-state index in [2.05, 4.69) is 15.4 Å². The zero-order valence-electron chi connectivity index (χ0n) is 11.8. The zero-order valence-corrected chi connectivity index (χ0v) is 12.6. The van der Waals surface area contributed by atoms with Gasteiger partial charge in [0.1, 0.15) is 5.75 Å². The Bertz CT molecular complexity index is 474. The molecule has 2 rings (SSSR count). The van der Waals surface area contributed by atoms with Crippen molar-refractivity contribution in [2.24, 2.45) is 5.92 Å². The molecule has 1 saturated heterocycles. The number of carbonyl (C=O) groups excluding carboxylic acids is 1. The van der Waals surface area contributed by atoms with Crippen molar-refractivity contribution in [3.63, 3.8) is 0 Å². The Morgan fingerprint density at radius 1 is 1.32 bits per heavy atom. The van der Waals surface area contributed by atoms with Gasteiger partial charge in [0.05, 0.1) is 5.92 Å². The molecular formula is C14H18ClF3N2O2. The van der Waals surface area contributed by atoms with Crippen LogP contribution in [0.15, 0.2) is 24.3 Å². The molecule has 2 N–H and O–H groups in total. The highest BCUT2D eigenvalue weighted by Gasteiger charge is 2.30. The molecule has 4 nitrogen and oxygen atoms in total. The molecule has 1 aromatic rings. The Kier molecular flexibility index (Phi) is 6.96. The van der Waals surface area contributed by atoms with E-state index in [1.807, 2.05) is 0 Å². The van der Waals surface area contributed by atoms with Crippen molar-refractivity contribution < 1.29 is 22.7 Å². The van der Waals surface area contributed by atoms with Gasteiger partial charge in [-0.3, -0.25) is 4.79 Å². The van der Waals surface area contributed by atoms with E-state index >= 15 is 0 Å². The van der Waals surface area contributed by atoms with Crippen LogP contribution < -0.4 is 15.4 Å². The number of alkyl halides is 3. The third kappa shape index (κ3) is 6.11. The molecule has 0 spiro atoms. The standard InChI is InChI=1S/C14H17F3N2O2.ClH/c15-14(16,17)21-12-3-1-10(2-4-12)5-8-19-13(20)11-6-7-18-9-11;/h1-4,11,18H,5-9H2,(H,19,20);1H. The maximum Gasteiger partial charge on any atom is 0.573 e. The van der Waals surface area contributed by atoms with Crippen molar-refractivity contribution >= 4 is 18.3 Å². The fraction of sp³-hybridized carbons (Fsp3) is 0.500. The van der Waals surface area contributed by atoms with Gasteiger partial charge >= 0.3 is 6.36 Å². The quantitative estimate of drug-likeness (QED) is 0.866. The van der Waals surface area contributed by atoms with Crippen molar-refractivity contribution in [1.29, 1.82) is 0 Å². The van der Waals surface area contributed by atoms with Crippen molar-refractivity contribution in [1.82, 2.24) is 10.6 Å². The molecule has 124 valence electrons. The van der Waals surface area contributed by atoms with Gasteiger partial charge in [-0.2, -0.15) is 0 Å². The Morgan fingerprint density at radius 3 is 2.55 bits per heavy atom. The van der Waals surface area contributed by atoms with Crippen LogP contribution in [0.4, 0.5) is 13.2 Å². The van der Waals surface area contributed by atoms with Gasteiger partial charge in [-0.05, 0) is 37.1 Å². The number of carbonyl (C=O) groups is 1.